The van der Waals surface area contributed by atoms with E-state index in [1.54, 1.807) is 4.68 Å². The lowest BCUT2D eigenvalue weighted by Gasteiger charge is -2.05. The number of primary amides is 1. The zero-order valence-corrected chi connectivity index (χ0v) is 10.6. The van der Waals surface area contributed by atoms with Crippen molar-refractivity contribution in [2.45, 2.75) is 26.8 Å². The number of carbonyl (C=O) groups excluding carboxylic acids is 1. The summed E-state index contributed by atoms with van der Waals surface area (Å²) in [5, 5.41) is 7.83. The molecular weight excluding hydrogens is 228 g/mol. The Morgan fingerprint density at radius 1 is 1.33 bits per heavy atom. The van der Waals surface area contributed by atoms with Gasteiger partial charge in [0.1, 0.15) is 0 Å². The van der Waals surface area contributed by atoms with E-state index in [4.69, 9.17) is 5.73 Å². The largest absolute Gasteiger partial charge is 0.364 e. The molecule has 0 atom stereocenters. The van der Waals surface area contributed by atoms with Crippen LogP contribution in [0.3, 0.4) is 0 Å². The van der Waals surface area contributed by atoms with Crippen LogP contribution in [-0.4, -0.2) is 20.9 Å². The second kappa shape index (κ2) is 5.00. The van der Waals surface area contributed by atoms with E-state index in [0.717, 1.165) is 11.3 Å². The molecule has 5 heteroatoms. The Morgan fingerprint density at radius 3 is 2.56 bits per heavy atom. The third kappa shape index (κ3) is 2.40. The normalized spacial score (nSPS) is 10.6. The first-order valence-electron chi connectivity index (χ1n) is 5.89. The summed E-state index contributed by atoms with van der Waals surface area (Å²) in [6.45, 7) is 4.60. The zero-order chi connectivity index (χ0) is 13.1. The van der Waals surface area contributed by atoms with Crippen LogP contribution in [0, 0.1) is 6.92 Å². The molecule has 0 unspecified atom stereocenters. The van der Waals surface area contributed by atoms with Gasteiger partial charge < -0.3 is 5.73 Å². The van der Waals surface area contributed by atoms with Crippen molar-refractivity contribution in [2.75, 3.05) is 0 Å². The Labute approximate surface area is 106 Å². The van der Waals surface area contributed by atoms with Gasteiger partial charge in [0.05, 0.1) is 12.2 Å². The van der Waals surface area contributed by atoms with Gasteiger partial charge in [-0.1, -0.05) is 42.0 Å². The van der Waals surface area contributed by atoms with Crippen molar-refractivity contribution in [3.8, 4) is 0 Å². The van der Waals surface area contributed by atoms with Gasteiger partial charge in [0.2, 0.25) is 0 Å². The maximum absolute atomic E-state index is 11.2. The first kappa shape index (κ1) is 12.3. The lowest BCUT2D eigenvalue weighted by Crippen LogP contribution is -2.15. The molecule has 2 rings (SSSR count). The summed E-state index contributed by atoms with van der Waals surface area (Å²) in [7, 11) is 0. The molecule has 0 saturated heterocycles. The molecule has 94 valence electrons. The third-order valence-electron chi connectivity index (χ3n) is 2.86. The molecule has 0 aliphatic heterocycles. The van der Waals surface area contributed by atoms with Crippen LogP contribution in [0.1, 0.15) is 34.2 Å². The molecule has 0 bridgehead atoms. The van der Waals surface area contributed by atoms with Crippen molar-refractivity contribution in [2.24, 2.45) is 5.73 Å². The van der Waals surface area contributed by atoms with Gasteiger partial charge >= 0.3 is 0 Å². The third-order valence-corrected chi connectivity index (χ3v) is 2.86. The Balaban J connectivity index is 2.29. The van der Waals surface area contributed by atoms with E-state index in [9.17, 15) is 4.79 Å². The molecule has 5 nitrogen and oxygen atoms in total. The highest BCUT2D eigenvalue weighted by molar-refractivity contribution is 5.91. The highest BCUT2D eigenvalue weighted by Gasteiger charge is 2.15. The lowest BCUT2D eigenvalue weighted by molar-refractivity contribution is 0.0994. The van der Waals surface area contributed by atoms with Crippen molar-refractivity contribution >= 4 is 5.91 Å². The summed E-state index contributed by atoms with van der Waals surface area (Å²) in [4.78, 5) is 11.2. The zero-order valence-electron chi connectivity index (χ0n) is 10.6. The van der Waals surface area contributed by atoms with Gasteiger partial charge in [-0.15, -0.1) is 5.10 Å². The maximum atomic E-state index is 11.2. The molecule has 1 aromatic carbocycles. The quantitative estimate of drug-likeness (QED) is 0.880. The summed E-state index contributed by atoms with van der Waals surface area (Å²) >= 11 is 0. The SMILES string of the molecule is CCc1c(C(N)=O)nnn1Cc1ccc(C)cc1. The van der Waals surface area contributed by atoms with Crippen LogP contribution in [0.2, 0.25) is 0 Å². The highest BCUT2D eigenvalue weighted by atomic mass is 16.1. The Morgan fingerprint density at radius 2 is 2.00 bits per heavy atom. The average molecular weight is 244 g/mol. The second-order valence-corrected chi connectivity index (χ2v) is 4.25. The number of aryl methyl sites for hydroxylation is 1. The molecular formula is C13H16N4O. The van der Waals surface area contributed by atoms with Gasteiger partial charge in [0.15, 0.2) is 5.69 Å². The minimum absolute atomic E-state index is 0.268. The van der Waals surface area contributed by atoms with Gasteiger partial charge in [-0.3, -0.25) is 4.79 Å². The van der Waals surface area contributed by atoms with Crippen LogP contribution in [0.25, 0.3) is 0 Å². The minimum Gasteiger partial charge on any atom is -0.364 e. The molecule has 0 radical (unpaired) electrons. The fourth-order valence-corrected chi connectivity index (χ4v) is 1.87. The number of hydrogen-bond donors (Lipinski definition) is 1. The van der Waals surface area contributed by atoms with Crippen molar-refractivity contribution in [1.82, 2.24) is 15.0 Å². The topological polar surface area (TPSA) is 73.8 Å². The van der Waals surface area contributed by atoms with Crippen LogP contribution in [0.4, 0.5) is 0 Å². The molecule has 0 aliphatic rings. The molecule has 0 aliphatic carbocycles. The van der Waals surface area contributed by atoms with E-state index < -0.39 is 5.91 Å². The van der Waals surface area contributed by atoms with E-state index in [0.29, 0.717) is 13.0 Å². The number of hydrogen-bond acceptors (Lipinski definition) is 3. The van der Waals surface area contributed by atoms with E-state index in [2.05, 4.69) is 10.3 Å². The van der Waals surface area contributed by atoms with E-state index in [-0.39, 0.29) is 5.69 Å². The maximum Gasteiger partial charge on any atom is 0.271 e. The Kier molecular flexibility index (Phi) is 3.41. The van der Waals surface area contributed by atoms with Gasteiger partial charge in [-0.05, 0) is 18.9 Å². The molecule has 0 fully saturated rings. The fourth-order valence-electron chi connectivity index (χ4n) is 1.87. The Hall–Kier alpha value is -2.17. The molecule has 0 saturated carbocycles. The smallest absolute Gasteiger partial charge is 0.271 e. The minimum atomic E-state index is -0.526. The second-order valence-electron chi connectivity index (χ2n) is 4.25. The van der Waals surface area contributed by atoms with Gasteiger partial charge in [-0.2, -0.15) is 0 Å². The molecule has 0 spiro atoms. The van der Waals surface area contributed by atoms with Crippen LogP contribution in [0.15, 0.2) is 24.3 Å². The van der Waals surface area contributed by atoms with Gasteiger partial charge in [-0.25, -0.2) is 4.68 Å². The monoisotopic (exact) mass is 244 g/mol. The number of aromatic nitrogens is 3. The first-order valence-corrected chi connectivity index (χ1v) is 5.89. The number of nitrogens with two attached hydrogens (primary N) is 1. The van der Waals surface area contributed by atoms with E-state index in [1.165, 1.54) is 5.56 Å². The van der Waals surface area contributed by atoms with E-state index >= 15 is 0 Å². The van der Waals surface area contributed by atoms with Gasteiger partial charge in [0.25, 0.3) is 5.91 Å². The number of carbonyl (C=O) groups is 1. The van der Waals surface area contributed by atoms with Crippen LogP contribution < -0.4 is 5.73 Å². The summed E-state index contributed by atoms with van der Waals surface area (Å²) < 4.78 is 1.73. The summed E-state index contributed by atoms with van der Waals surface area (Å²) in [6.07, 6.45) is 0.678. The summed E-state index contributed by atoms with van der Waals surface area (Å²) in [5.74, 6) is -0.526. The van der Waals surface area contributed by atoms with Crippen LogP contribution in [-0.2, 0) is 13.0 Å². The van der Waals surface area contributed by atoms with Crippen molar-refractivity contribution in [3.05, 3.63) is 46.8 Å². The fraction of sp³-hybridized carbons (Fsp3) is 0.308. The van der Waals surface area contributed by atoms with Crippen molar-refractivity contribution in [3.63, 3.8) is 0 Å². The standard InChI is InChI=1S/C13H16N4O/c1-3-11-12(13(14)18)15-16-17(11)8-10-6-4-9(2)5-7-10/h4-7H,3,8H2,1-2H3,(H2,14,18). The number of nitrogens with zero attached hydrogens (tertiary/aromatic N) is 3. The predicted octanol–water partition coefficient (Wildman–Crippen LogP) is 1.30. The average Bonchev–Trinajstić information content (AvgIpc) is 2.75. The predicted molar refractivity (Wildman–Crippen MR) is 68.2 cm³/mol. The lowest BCUT2D eigenvalue weighted by atomic mass is 10.1. The highest BCUT2D eigenvalue weighted by Crippen LogP contribution is 2.10. The molecule has 1 heterocycles. The molecule has 2 aromatic rings. The number of rotatable bonds is 4. The van der Waals surface area contributed by atoms with Crippen molar-refractivity contribution < 1.29 is 4.79 Å². The van der Waals surface area contributed by atoms with E-state index in [1.807, 2.05) is 38.1 Å². The Bertz CT molecular complexity index is 557. The number of benzene rings is 1. The molecule has 1 aromatic heterocycles. The van der Waals surface area contributed by atoms with Gasteiger partial charge in [0, 0.05) is 0 Å². The van der Waals surface area contributed by atoms with Crippen LogP contribution >= 0.6 is 0 Å². The van der Waals surface area contributed by atoms with Crippen LogP contribution in [0.5, 0.6) is 0 Å². The van der Waals surface area contributed by atoms with Crippen molar-refractivity contribution in [1.29, 1.82) is 0 Å². The number of amides is 1. The molecule has 18 heavy (non-hydrogen) atoms. The summed E-state index contributed by atoms with van der Waals surface area (Å²) in [6, 6.07) is 8.18. The first-order chi connectivity index (χ1) is 8.61. The molecule has 1 amide bonds. The summed E-state index contributed by atoms with van der Waals surface area (Å²) in [5.41, 5.74) is 8.65. The molecule has 2 N–H and O–H groups in total.